The van der Waals surface area contributed by atoms with Gasteiger partial charge in [0.1, 0.15) is 11.6 Å². The predicted molar refractivity (Wildman–Crippen MR) is 61.3 cm³/mol. The van der Waals surface area contributed by atoms with Crippen LogP contribution in [0.25, 0.3) is 0 Å². The van der Waals surface area contributed by atoms with Crippen LogP contribution in [-0.4, -0.2) is 24.6 Å². The van der Waals surface area contributed by atoms with Crippen molar-refractivity contribution in [1.29, 1.82) is 0 Å². The summed E-state index contributed by atoms with van der Waals surface area (Å²) >= 11 is 1.65. The zero-order valence-corrected chi connectivity index (χ0v) is 9.10. The molecular formula is C10H11FN2OS. The molecule has 1 aromatic rings. The molecule has 0 unspecified atom stereocenters. The molecule has 15 heavy (non-hydrogen) atoms. The van der Waals surface area contributed by atoms with Gasteiger partial charge >= 0.3 is 0 Å². The van der Waals surface area contributed by atoms with Gasteiger partial charge in [-0.05, 0) is 12.1 Å². The van der Waals surface area contributed by atoms with Gasteiger partial charge < -0.3 is 10.1 Å². The summed E-state index contributed by atoms with van der Waals surface area (Å²) in [6, 6.07) is 4.39. The third kappa shape index (κ3) is 2.41. The maximum Gasteiger partial charge on any atom is 0.161 e. The van der Waals surface area contributed by atoms with Crippen LogP contribution < -0.4 is 10.1 Å². The molecule has 3 nitrogen and oxygen atoms in total. The number of aliphatic imine (C=N–C) groups is 1. The summed E-state index contributed by atoms with van der Waals surface area (Å²) in [6.45, 7) is 0.830. The van der Waals surface area contributed by atoms with Crippen molar-refractivity contribution in [1.82, 2.24) is 0 Å². The van der Waals surface area contributed by atoms with Crippen LogP contribution in [-0.2, 0) is 0 Å². The predicted octanol–water partition coefficient (Wildman–Crippen LogP) is 2.35. The highest BCUT2D eigenvalue weighted by Gasteiger charge is 2.10. The molecule has 0 aliphatic carbocycles. The topological polar surface area (TPSA) is 33.6 Å². The number of rotatable bonds is 2. The van der Waals surface area contributed by atoms with E-state index in [4.69, 9.17) is 4.74 Å². The summed E-state index contributed by atoms with van der Waals surface area (Å²) in [5.74, 6) is 1.18. The lowest BCUT2D eigenvalue weighted by Crippen LogP contribution is -2.06. The van der Waals surface area contributed by atoms with E-state index >= 15 is 0 Å². The number of benzene rings is 1. The Bertz CT molecular complexity index is 395. The van der Waals surface area contributed by atoms with E-state index in [9.17, 15) is 4.39 Å². The fourth-order valence-corrected chi connectivity index (χ4v) is 2.03. The van der Waals surface area contributed by atoms with E-state index in [1.54, 1.807) is 17.8 Å². The van der Waals surface area contributed by atoms with Gasteiger partial charge in [-0.1, -0.05) is 11.8 Å². The average molecular weight is 226 g/mol. The van der Waals surface area contributed by atoms with E-state index in [2.05, 4.69) is 10.3 Å². The first-order chi connectivity index (χ1) is 7.29. The van der Waals surface area contributed by atoms with Crippen LogP contribution in [0.15, 0.2) is 23.2 Å². The highest BCUT2D eigenvalue weighted by atomic mass is 32.2. The normalized spacial score (nSPS) is 14.9. The Morgan fingerprint density at radius 2 is 2.40 bits per heavy atom. The monoisotopic (exact) mass is 226 g/mol. The number of methoxy groups -OCH3 is 1. The van der Waals surface area contributed by atoms with E-state index < -0.39 is 0 Å². The first-order valence-corrected chi connectivity index (χ1v) is 5.56. The molecule has 1 N–H and O–H groups in total. The zero-order valence-electron chi connectivity index (χ0n) is 8.29. The van der Waals surface area contributed by atoms with Gasteiger partial charge in [-0.15, -0.1) is 0 Å². The number of thioether (sulfide) groups is 1. The molecule has 0 atom stereocenters. The second-order valence-electron chi connectivity index (χ2n) is 3.00. The molecule has 80 valence electrons. The van der Waals surface area contributed by atoms with Crippen molar-refractivity contribution < 1.29 is 9.13 Å². The number of anilines is 1. The molecule has 0 saturated heterocycles. The zero-order chi connectivity index (χ0) is 10.7. The van der Waals surface area contributed by atoms with Crippen molar-refractivity contribution in [3.63, 3.8) is 0 Å². The van der Waals surface area contributed by atoms with Crippen molar-refractivity contribution in [3.8, 4) is 5.75 Å². The fourth-order valence-electron chi connectivity index (χ4n) is 1.29. The maximum atomic E-state index is 12.9. The molecule has 0 fully saturated rings. The van der Waals surface area contributed by atoms with Crippen molar-refractivity contribution in [2.24, 2.45) is 4.99 Å². The summed E-state index contributed by atoms with van der Waals surface area (Å²) < 4.78 is 18.0. The molecule has 1 aliphatic heterocycles. The van der Waals surface area contributed by atoms with Crippen LogP contribution in [0.5, 0.6) is 5.75 Å². The number of nitrogens with one attached hydrogen (secondary N) is 1. The van der Waals surface area contributed by atoms with Gasteiger partial charge in [0.15, 0.2) is 5.17 Å². The van der Waals surface area contributed by atoms with Gasteiger partial charge in [0, 0.05) is 11.8 Å². The van der Waals surface area contributed by atoms with Crippen LogP contribution in [0.1, 0.15) is 0 Å². The average Bonchev–Trinajstić information content (AvgIpc) is 2.73. The Morgan fingerprint density at radius 1 is 1.53 bits per heavy atom. The molecule has 0 aromatic heterocycles. The number of hydrogen-bond acceptors (Lipinski definition) is 4. The Balaban J connectivity index is 2.19. The molecule has 0 spiro atoms. The van der Waals surface area contributed by atoms with Crippen LogP contribution >= 0.6 is 11.8 Å². The SMILES string of the molecule is COc1cc(F)ccc1NC1=NCCS1. The number of ether oxygens (including phenoxy) is 1. The summed E-state index contributed by atoms with van der Waals surface area (Å²) in [7, 11) is 1.52. The van der Waals surface area contributed by atoms with Gasteiger partial charge in [0.25, 0.3) is 0 Å². The molecule has 1 heterocycles. The summed E-state index contributed by atoms with van der Waals surface area (Å²) in [4.78, 5) is 4.25. The lowest BCUT2D eigenvalue weighted by atomic mass is 10.3. The van der Waals surface area contributed by atoms with E-state index in [1.165, 1.54) is 19.2 Å². The second kappa shape index (κ2) is 4.53. The van der Waals surface area contributed by atoms with Crippen molar-refractivity contribution >= 4 is 22.6 Å². The molecule has 0 amide bonds. The minimum atomic E-state index is -0.307. The van der Waals surface area contributed by atoms with Gasteiger partial charge in [-0.25, -0.2) is 4.39 Å². The van der Waals surface area contributed by atoms with Gasteiger partial charge in [-0.3, -0.25) is 4.99 Å². The molecule has 0 saturated carbocycles. The van der Waals surface area contributed by atoms with E-state index in [0.29, 0.717) is 5.75 Å². The van der Waals surface area contributed by atoms with Crippen LogP contribution in [0.2, 0.25) is 0 Å². The third-order valence-electron chi connectivity index (χ3n) is 1.99. The second-order valence-corrected chi connectivity index (χ2v) is 4.09. The highest BCUT2D eigenvalue weighted by Crippen LogP contribution is 2.26. The smallest absolute Gasteiger partial charge is 0.161 e. The van der Waals surface area contributed by atoms with Crippen LogP contribution in [0, 0.1) is 5.82 Å². The van der Waals surface area contributed by atoms with Crippen molar-refractivity contribution in [3.05, 3.63) is 24.0 Å². The number of hydrogen-bond donors (Lipinski definition) is 1. The first-order valence-electron chi connectivity index (χ1n) is 4.57. The van der Waals surface area contributed by atoms with Gasteiger partial charge in [-0.2, -0.15) is 0 Å². The third-order valence-corrected chi connectivity index (χ3v) is 2.88. The summed E-state index contributed by atoms with van der Waals surface area (Å²) in [5.41, 5.74) is 0.743. The van der Waals surface area contributed by atoms with Crippen LogP contribution in [0.4, 0.5) is 10.1 Å². The van der Waals surface area contributed by atoms with Gasteiger partial charge in [0.2, 0.25) is 0 Å². The van der Waals surface area contributed by atoms with E-state index in [1.807, 2.05) is 0 Å². The van der Waals surface area contributed by atoms with Crippen molar-refractivity contribution in [2.45, 2.75) is 0 Å². The molecule has 5 heteroatoms. The molecule has 1 aromatic carbocycles. The Hall–Kier alpha value is -1.23. The Labute approximate surface area is 91.7 Å². The lowest BCUT2D eigenvalue weighted by molar-refractivity contribution is 0.413. The molecular weight excluding hydrogens is 215 g/mol. The Kier molecular flexibility index (Phi) is 3.11. The number of nitrogens with zero attached hydrogens (tertiary/aromatic N) is 1. The largest absolute Gasteiger partial charge is 0.494 e. The summed E-state index contributed by atoms with van der Waals surface area (Å²) in [5, 5.41) is 3.97. The maximum absolute atomic E-state index is 12.9. The number of halogens is 1. The lowest BCUT2D eigenvalue weighted by Gasteiger charge is -2.10. The van der Waals surface area contributed by atoms with E-state index in [-0.39, 0.29) is 5.82 Å². The fraction of sp³-hybridized carbons (Fsp3) is 0.300. The van der Waals surface area contributed by atoms with Crippen LogP contribution in [0.3, 0.4) is 0 Å². The Morgan fingerprint density at radius 3 is 3.07 bits per heavy atom. The van der Waals surface area contributed by atoms with E-state index in [0.717, 1.165) is 23.2 Å². The van der Waals surface area contributed by atoms with Crippen molar-refractivity contribution in [2.75, 3.05) is 24.7 Å². The summed E-state index contributed by atoms with van der Waals surface area (Å²) in [6.07, 6.45) is 0. The molecule has 0 radical (unpaired) electrons. The highest BCUT2D eigenvalue weighted by molar-refractivity contribution is 8.14. The number of amidine groups is 1. The minimum Gasteiger partial charge on any atom is -0.494 e. The quantitative estimate of drug-likeness (QED) is 0.840. The molecule has 2 rings (SSSR count). The molecule has 0 bridgehead atoms. The van der Waals surface area contributed by atoms with Gasteiger partial charge in [0.05, 0.1) is 19.3 Å². The minimum absolute atomic E-state index is 0.307. The first kappa shape index (κ1) is 10.3. The molecule has 1 aliphatic rings. The standard InChI is InChI=1S/C10H11FN2OS/c1-14-9-6-7(11)2-3-8(9)13-10-12-4-5-15-10/h2-3,6H,4-5H2,1H3,(H,12,13).